The lowest BCUT2D eigenvalue weighted by molar-refractivity contribution is 0.0690. The number of aromatic carboxylic acids is 1. The summed E-state index contributed by atoms with van der Waals surface area (Å²) in [6, 6.07) is 13.7. The average Bonchev–Trinajstić information content (AvgIpc) is 3.08. The Bertz CT molecular complexity index is 1090. The highest BCUT2D eigenvalue weighted by molar-refractivity contribution is 7.88. The van der Waals surface area contributed by atoms with Crippen molar-refractivity contribution in [1.29, 1.82) is 0 Å². The Morgan fingerprint density at radius 3 is 2.44 bits per heavy atom. The highest BCUT2D eigenvalue weighted by atomic mass is 32.2. The van der Waals surface area contributed by atoms with Gasteiger partial charge in [0.25, 0.3) is 0 Å². The molecule has 0 atom stereocenters. The van der Waals surface area contributed by atoms with E-state index in [0.29, 0.717) is 11.3 Å². The summed E-state index contributed by atoms with van der Waals surface area (Å²) in [6.07, 6.45) is 0. The maximum absolute atomic E-state index is 14.2. The summed E-state index contributed by atoms with van der Waals surface area (Å²) < 4.78 is 41.0. The molecule has 140 valence electrons. The first-order chi connectivity index (χ1) is 12.8. The lowest BCUT2D eigenvalue weighted by Crippen LogP contribution is -2.20. The number of halogens is 1. The molecule has 0 fully saturated rings. The molecule has 2 N–H and O–H groups in total. The molecule has 0 aliphatic carbocycles. The van der Waals surface area contributed by atoms with Crippen molar-refractivity contribution in [3.05, 3.63) is 71.7 Å². The summed E-state index contributed by atoms with van der Waals surface area (Å²) in [5, 5.41) is 13.3. The number of carboxylic acid groups (broad SMARTS) is 1. The minimum absolute atomic E-state index is 0.191. The largest absolute Gasteiger partial charge is 0.476 e. The van der Waals surface area contributed by atoms with Gasteiger partial charge in [-0.2, -0.15) is 5.10 Å². The predicted octanol–water partition coefficient (Wildman–Crippen LogP) is 2.43. The number of aromatic nitrogens is 2. The summed E-state index contributed by atoms with van der Waals surface area (Å²) in [7, 11) is -2.08. The Morgan fingerprint density at radius 2 is 1.85 bits per heavy atom. The maximum atomic E-state index is 14.2. The molecule has 0 aliphatic rings. The van der Waals surface area contributed by atoms with Crippen molar-refractivity contribution in [1.82, 2.24) is 14.5 Å². The third-order valence-electron chi connectivity index (χ3n) is 3.93. The van der Waals surface area contributed by atoms with Crippen molar-refractivity contribution >= 4 is 16.0 Å². The smallest absolute Gasteiger partial charge is 0.356 e. The zero-order chi connectivity index (χ0) is 19.6. The number of benzene rings is 2. The highest BCUT2D eigenvalue weighted by Crippen LogP contribution is 2.26. The molecule has 0 unspecified atom stereocenters. The molecule has 3 rings (SSSR count). The molecule has 7 nitrogen and oxygen atoms in total. The Kier molecular flexibility index (Phi) is 5.06. The summed E-state index contributed by atoms with van der Waals surface area (Å²) in [5.41, 5.74) is 1.29. The summed E-state index contributed by atoms with van der Waals surface area (Å²) in [4.78, 5) is 11.3. The molecule has 27 heavy (non-hydrogen) atoms. The van der Waals surface area contributed by atoms with Crippen LogP contribution in [-0.2, 0) is 15.8 Å². The van der Waals surface area contributed by atoms with E-state index in [9.17, 15) is 22.7 Å². The fraction of sp³-hybridized carbons (Fsp3) is 0.111. The SMILES string of the molecule is CNS(=O)(=O)Cc1ccc(-n2nc(C(=O)O)cc2-c2ccccc2F)cc1. The second kappa shape index (κ2) is 7.29. The Morgan fingerprint density at radius 1 is 1.19 bits per heavy atom. The van der Waals surface area contributed by atoms with Crippen molar-refractivity contribution in [2.24, 2.45) is 0 Å². The van der Waals surface area contributed by atoms with E-state index >= 15 is 0 Å². The third-order valence-corrected chi connectivity index (χ3v) is 5.26. The summed E-state index contributed by atoms with van der Waals surface area (Å²) in [6.45, 7) is 0. The monoisotopic (exact) mass is 389 g/mol. The topological polar surface area (TPSA) is 101 Å². The van der Waals surface area contributed by atoms with E-state index in [1.54, 1.807) is 30.3 Å². The van der Waals surface area contributed by atoms with Gasteiger partial charge in [0.05, 0.1) is 17.1 Å². The van der Waals surface area contributed by atoms with E-state index < -0.39 is 21.8 Å². The van der Waals surface area contributed by atoms with Crippen LogP contribution in [0, 0.1) is 5.82 Å². The fourth-order valence-corrected chi connectivity index (χ4v) is 3.34. The van der Waals surface area contributed by atoms with Crippen LogP contribution >= 0.6 is 0 Å². The van der Waals surface area contributed by atoms with Crippen LogP contribution < -0.4 is 4.72 Å². The molecule has 2 aromatic carbocycles. The summed E-state index contributed by atoms with van der Waals surface area (Å²) >= 11 is 0. The molecule has 3 aromatic rings. The molecule has 0 bridgehead atoms. The van der Waals surface area contributed by atoms with E-state index in [1.807, 2.05) is 0 Å². The number of sulfonamides is 1. The van der Waals surface area contributed by atoms with E-state index in [0.717, 1.165) is 0 Å². The van der Waals surface area contributed by atoms with Gasteiger partial charge >= 0.3 is 5.97 Å². The van der Waals surface area contributed by atoms with E-state index in [1.165, 1.54) is 36.0 Å². The standard InChI is InChI=1S/C18H16FN3O4S/c1-20-27(25,26)11-12-6-8-13(9-7-12)22-17(10-16(21-22)18(23)24)14-4-2-3-5-15(14)19/h2-10,20H,11H2,1H3,(H,23,24). The highest BCUT2D eigenvalue weighted by Gasteiger charge is 2.18. The quantitative estimate of drug-likeness (QED) is 0.674. The van der Waals surface area contributed by atoms with Crippen molar-refractivity contribution in [3.8, 4) is 16.9 Å². The number of rotatable bonds is 6. The normalized spacial score (nSPS) is 11.5. The van der Waals surface area contributed by atoms with Crippen LogP contribution in [-0.4, -0.2) is 36.3 Å². The summed E-state index contributed by atoms with van der Waals surface area (Å²) in [5.74, 6) is -1.93. The van der Waals surface area contributed by atoms with Gasteiger partial charge in [-0.3, -0.25) is 0 Å². The maximum Gasteiger partial charge on any atom is 0.356 e. The van der Waals surface area contributed by atoms with Gasteiger partial charge in [0, 0.05) is 5.56 Å². The predicted molar refractivity (Wildman–Crippen MR) is 97.6 cm³/mol. The number of carboxylic acids is 1. The number of hydrogen-bond acceptors (Lipinski definition) is 4. The van der Waals surface area contributed by atoms with Crippen LogP contribution in [0.2, 0.25) is 0 Å². The van der Waals surface area contributed by atoms with Crippen molar-refractivity contribution in [2.75, 3.05) is 7.05 Å². The van der Waals surface area contributed by atoms with Crippen LogP contribution in [0.25, 0.3) is 16.9 Å². The van der Waals surface area contributed by atoms with Crippen LogP contribution in [0.5, 0.6) is 0 Å². The molecule has 0 amide bonds. The van der Waals surface area contributed by atoms with Crippen LogP contribution in [0.1, 0.15) is 16.1 Å². The Labute approximate surface area is 155 Å². The van der Waals surface area contributed by atoms with Gasteiger partial charge in [-0.15, -0.1) is 0 Å². The van der Waals surface area contributed by atoms with Crippen LogP contribution in [0.15, 0.2) is 54.6 Å². The zero-order valence-corrected chi connectivity index (χ0v) is 15.1. The second-order valence-corrected chi connectivity index (χ2v) is 7.67. The van der Waals surface area contributed by atoms with Crippen molar-refractivity contribution in [2.45, 2.75) is 5.75 Å². The lowest BCUT2D eigenvalue weighted by Gasteiger charge is -2.09. The minimum Gasteiger partial charge on any atom is -0.476 e. The number of carbonyl (C=O) groups is 1. The molecular formula is C18H16FN3O4S. The molecule has 1 aromatic heterocycles. The fourth-order valence-electron chi connectivity index (χ4n) is 2.57. The lowest BCUT2D eigenvalue weighted by atomic mass is 10.1. The number of nitrogens with zero attached hydrogens (tertiary/aromatic N) is 2. The van der Waals surface area contributed by atoms with Crippen LogP contribution in [0.4, 0.5) is 4.39 Å². The van der Waals surface area contributed by atoms with E-state index in [4.69, 9.17) is 0 Å². The van der Waals surface area contributed by atoms with Gasteiger partial charge in [0.15, 0.2) is 5.69 Å². The molecular weight excluding hydrogens is 373 g/mol. The van der Waals surface area contributed by atoms with Gasteiger partial charge in [0.1, 0.15) is 5.82 Å². The second-order valence-electron chi connectivity index (χ2n) is 5.74. The van der Waals surface area contributed by atoms with Gasteiger partial charge in [-0.05, 0) is 42.9 Å². The Hall–Kier alpha value is -3.04. The van der Waals surface area contributed by atoms with Crippen molar-refractivity contribution < 1.29 is 22.7 Å². The van der Waals surface area contributed by atoms with Gasteiger partial charge in [0.2, 0.25) is 10.0 Å². The van der Waals surface area contributed by atoms with E-state index in [-0.39, 0.29) is 22.7 Å². The van der Waals surface area contributed by atoms with Gasteiger partial charge < -0.3 is 5.11 Å². The van der Waals surface area contributed by atoms with Gasteiger partial charge in [-0.25, -0.2) is 27.0 Å². The first-order valence-corrected chi connectivity index (χ1v) is 9.55. The van der Waals surface area contributed by atoms with E-state index in [2.05, 4.69) is 9.82 Å². The molecule has 1 heterocycles. The van der Waals surface area contributed by atoms with Gasteiger partial charge in [-0.1, -0.05) is 24.3 Å². The zero-order valence-electron chi connectivity index (χ0n) is 14.3. The molecule has 9 heteroatoms. The number of hydrogen-bond donors (Lipinski definition) is 2. The molecule has 0 aliphatic heterocycles. The molecule has 0 spiro atoms. The Balaban J connectivity index is 2.06. The first kappa shape index (κ1) is 18.7. The molecule has 0 saturated heterocycles. The molecule has 0 saturated carbocycles. The van der Waals surface area contributed by atoms with Crippen molar-refractivity contribution in [3.63, 3.8) is 0 Å². The third kappa shape index (κ3) is 4.04. The minimum atomic E-state index is -3.41. The number of nitrogens with one attached hydrogen (secondary N) is 1. The molecule has 0 radical (unpaired) electrons. The first-order valence-electron chi connectivity index (χ1n) is 7.89. The van der Waals surface area contributed by atoms with Crippen LogP contribution in [0.3, 0.4) is 0 Å². The average molecular weight is 389 g/mol.